The predicted molar refractivity (Wildman–Crippen MR) is 41.2 cm³/mol. The van der Waals surface area contributed by atoms with Crippen LogP contribution in [0, 0.1) is 0 Å². The fourth-order valence-electron chi connectivity index (χ4n) is 0.371. The van der Waals surface area contributed by atoms with Crippen molar-refractivity contribution in [2.45, 2.75) is 6.92 Å². The first-order chi connectivity index (χ1) is 4.68. The number of nitrogens with one attached hydrogen (secondary N) is 1. The molecule has 0 aromatic carbocycles. The largest absolute Gasteiger partial charge is 0.394 e. The molecule has 0 aromatic heterocycles. The highest BCUT2D eigenvalue weighted by molar-refractivity contribution is 5.91. The average molecular weight is 140 g/mol. The second-order valence-corrected chi connectivity index (χ2v) is 1.86. The second-order valence-electron chi connectivity index (χ2n) is 1.86. The molecule has 0 saturated carbocycles. The summed E-state index contributed by atoms with van der Waals surface area (Å²) >= 11 is 0. The molecule has 3 N–H and O–H groups in total. The Balaban J connectivity index is 3.92. The van der Waals surface area contributed by atoms with Crippen molar-refractivity contribution in [2.24, 2.45) is 5.73 Å². The van der Waals surface area contributed by atoms with Crippen molar-refractivity contribution in [1.29, 1.82) is 0 Å². The van der Waals surface area contributed by atoms with E-state index in [2.05, 4.69) is 5.32 Å². The fraction of sp³-hybridized carbons (Fsp3) is 0.286. The highest BCUT2D eigenvalue weighted by Crippen LogP contribution is 1.89. The van der Waals surface area contributed by atoms with Crippen molar-refractivity contribution in [3.05, 3.63) is 23.9 Å². The van der Waals surface area contributed by atoms with Crippen LogP contribution in [0.2, 0.25) is 0 Å². The lowest BCUT2D eigenvalue weighted by molar-refractivity contribution is -0.114. The maximum absolute atomic E-state index is 10.4. The normalized spacial score (nSPS) is 12.0. The molecule has 0 aliphatic carbocycles. The van der Waals surface area contributed by atoms with Crippen LogP contribution < -0.4 is 11.1 Å². The van der Waals surface area contributed by atoms with Gasteiger partial charge in [0.05, 0.1) is 0 Å². The number of hydrogen-bond donors (Lipinski definition) is 2. The van der Waals surface area contributed by atoms with Gasteiger partial charge in [0.25, 0.3) is 0 Å². The van der Waals surface area contributed by atoms with Gasteiger partial charge in [0.15, 0.2) is 0 Å². The summed E-state index contributed by atoms with van der Waals surface area (Å²) in [6, 6.07) is 0. The standard InChI is InChI=1S/C7H12N2O/c1-6(7(8)10)4-3-5-9-2/h3-5,9H,1-2H3,(H2,8,10)/b5-3+,6-4-. The number of carbonyl (C=O) groups is 1. The summed E-state index contributed by atoms with van der Waals surface area (Å²) in [6.07, 6.45) is 5.09. The molecular formula is C7H12N2O. The van der Waals surface area contributed by atoms with Crippen molar-refractivity contribution in [3.63, 3.8) is 0 Å². The van der Waals surface area contributed by atoms with Crippen molar-refractivity contribution < 1.29 is 4.79 Å². The second kappa shape index (κ2) is 4.61. The van der Waals surface area contributed by atoms with Crippen LogP contribution in [0.15, 0.2) is 23.9 Å². The summed E-state index contributed by atoms with van der Waals surface area (Å²) in [5.74, 6) is -0.388. The van der Waals surface area contributed by atoms with Crippen LogP contribution in [-0.4, -0.2) is 13.0 Å². The lowest BCUT2D eigenvalue weighted by Gasteiger charge is -1.88. The van der Waals surface area contributed by atoms with Gasteiger partial charge < -0.3 is 11.1 Å². The summed E-state index contributed by atoms with van der Waals surface area (Å²) in [5, 5.41) is 2.78. The first kappa shape index (κ1) is 8.75. The lowest BCUT2D eigenvalue weighted by Crippen LogP contribution is -2.11. The molecule has 0 spiro atoms. The molecule has 56 valence electrons. The molecule has 0 saturated heterocycles. The molecule has 0 heterocycles. The lowest BCUT2D eigenvalue weighted by atomic mass is 10.3. The van der Waals surface area contributed by atoms with Crippen LogP contribution >= 0.6 is 0 Å². The molecular weight excluding hydrogens is 128 g/mol. The molecule has 3 heteroatoms. The van der Waals surface area contributed by atoms with Gasteiger partial charge in [0.2, 0.25) is 5.91 Å². The molecule has 3 nitrogen and oxygen atoms in total. The average Bonchev–Trinajstić information content (AvgIpc) is 1.88. The minimum atomic E-state index is -0.388. The van der Waals surface area contributed by atoms with E-state index in [-0.39, 0.29) is 5.91 Å². The van der Waals surface area contributed by atoms with Crippen LogP contribution in [0.25, 0.3) is 0 Å². The molecule has 0 unspecified atom stereocenters. The van der Waals surface area contributed by atoms with E-state index in [4.69, 9.17) is 5.73 Å². The zero-order valence-corrected chi connectivity index (χ0v) is 6.22. The van der Waals surface area contributed by atoms with Gasteiger partial charge in [-0.05, 0) is 19.2 Å². The number of primary amides is 1. The van der Waals surface area contributed by atoms with Crippen molar-refractivity contribution in [2.75, 3.05) is 7.05 Å². The highest BCUT2D eigenvalue weighted by Gasteiger charge is 1.91. The quantitative estimate of drug-likeness (QED) is 0.433. The molecule has 0 fully saturated rings. The molecule has 10 heavy (non-hydrogen) atoms. The number of hydrogen-bond acceptors (Lipinski definition) is 2. The maximum atomic E-state index is 10.4. The van der Waals surface area contributed by atoms with Crippen LogP contribution in [0.1, 0.15) is 6.92 Å². The summed E-state index contributed by atoms with van der Waals surface area (Å²) in [5.41, 5.74) is 5.50. The minimum Gasteiger partial charge on any atom is -0.394 e. The Labute approximate surface area is 60.6 Å². The summed E-state index contributed by atoms with van der Waals surface area (Å²) in [4.78, 5) is 10.4. The van der Waals surface area contributed by atoms with E-state index in [1.807, 2.05) is 0 Å². The van der Waals surface area contributed by atoms with Gasteiger partial charge in [-0.25, -0.2) is 0 Å². The predicted octanol–water partition coefficient (Wildman–Crippen LogP) is 0.151. The molecule has 0 rings (SSSR count). The zero-order chi connectivity index (χ0) is 7.98. The van der Waals surface area contributed by atoms with Crippen LogP contribution in [0.4, 0.5) is 0 Å². The molecule has 0 aliphatic heterocycles. The van der Waals surface area contributed by atoms with Gasteiger partial charge in [-0.2, -0.15) is 0 Å². The SMILES string of the molecule is CN/C=C/C=C(/C)C(N)=O. The van der Waals surface area contributed by atoms with E-state index in [1.54, 1.807) is 32.3 Å². The number of carbonyl (C=O) groups excluding carboxylic acids is 1. The number of amides is 1. The van der Waals surface area contributed by atoms with Crippen molar-refractivity contribution >= 4 is 5.91 Å². The molecule has 0 radical (unpaired) electrons. The first-order valence-electron chi connectivity index (χ1n) is 2.99. The topological polar surface area (TPSA) is 55.1 Å². The van der Waals surface area contributed by atoms with Crippen LogP contribution in [-0.2, 0) is 4.79 Å². The highest BCUT2D eigenvalue weighted by atomic mass is 16.1. The molecule has 0 bridgehead atoms. The van der Waals surface area contributed by atoms with Crippen molar-refractivity contribution in [1.82, 2.24) is 5.32 Å². The Morgan fingerprint density at radius 1 is 1.60 bits per heavy atom. The smallest absolute Gasteiger partial charge is 0.244 e. The third-order valence-corrected chi connectivity index (χ3v) is 0.998. The van der Waals surface area contributed by atoms with Gasteiger partial charge >= 0.3 is 0 Å². The number of rotatable bonds is 3. The monoisotopic (exact) mass is 140 g/mol. The van der Waals surface area contributed by atoms with Gasteiger partial charge in [-0.3, -0.25) is 4.79 Å². The summed E-state index contributed by atoms with van der Waals surface area (Å²) in [7, 11) is 1.78. The maximum Gasteiger partial charge on any atom is 0.244 e. The van der Waals surface area contributed by atoms with E-state index in [0.717, 1.165) is 0 Å². The fourth-order valence-corrected chi connectivity index (χ4v) is 0.371. The Morgan fingerprint density at radius 2 is 2.20 bits per heavy atom. The third-order valence-electron chi connectivity index (χ3n) is 0.998. The van der Waals surface area contributed by atoms with Gasteiger partial charge in [-0.15, -0.1) is 0 Å². The first-order valence-corrected chi connectivity index (χ1v) is 2.99. The molecule has 0 atom stereocenters. The van der Waals surface area contributed by atoms with Gasteiger partial charge in [0, 0.05) is 12.6 Å². The van der Waals surface area contributed by atoms with Gasteiger partial charge in [-0.1, -0.05) is 6.08 Å². The molecule has 1 amide bonds. The number of allylic oxidation sites excluding steroid dienone is 2. The minimum absolute atomic E-state index is 0.388. The van der Waals surface area contributed by atoms with E-state index in [1.165, 1.54) is 0 Å². The molecule has 0 aliphatic rings. The van der Waals surface area contributed by atoms with Crippen molar-refractivity contribution in [3.8, 4) is 0 Å². The van der Waals surface area contributed by atoms with E-state index < -0.39 is 0 Å². The zero-order valence-electron chi connectivity index (χ0n) is 6.22. The summed E-state index contributed by atoms with van der Waals surface area (Å²) in [6.45, 7) is 1.67. The number of nitrogens with two attached hydrogens (primary N) is 1. The van der Waals surface area contributed by atoms with E-state index in [0.29, 0.717) is 5.57 Å². The van der Waals surface area contributed by atoms with E-state index >= 15 is 0 Å². The third kappa shape index (κ3) is 3.72. The van der Waals surface area contributed by atoms with Crippen LogP contribution in [0.5, 0.6) is 0 Å². The van der Waals surface area contributed by atoms with Crippen LogP contribution in [0.3, 0.4) is 0 Å². The molecule has 0 aromatic rings. The Morgan fingerprint density at radius 3 is 2.60 bits per heavy atom. The van der Waals surface area contributed by atoms with Gasteiger partial charge in [0.1, 0.15) is 0 Å². The summed E-state index contributed by atoms with van der Waals surface area (Å²) < 4.78 is 0. The Bertz CT molecular complexity index is 170. The Hall–Kier alpha value is -1.25. The van der Waals surface area contributed by atoms with E-state index in [9.17, 15) is 4.79 Å². The Kier molecular flexibility index (Phi) is 4.04.